The Hall–Kier alpha value is -2.36. The lowest BCUT2D eigenvalue weighted by Crippen LogP contribution is -2.01. The highest BCUT2D eigenvalue weighted by atomic mass is 14.7. The van der Waals surface area contributed by atoms with E-state index in [4.69, 9.17) is 22.9 Å². The molecule has 0 atom stereocenters. The van der Waals surface area contributed by atoms with E-state index in [1.807, 2.05) is 24.3 Å². The zero-order valence-electron chi connectivity index (χ0n) is 9.48. The molecule has 0 unspecified atom stereocenters. The van der Waals surface area contributed by atoms with E-state index < -0.39 is 0 Å². The Morgan fingerprint density at radius 1 is 0.765 bits per heavy atom. The number of benzene rings is 2. The molecule has 0 saturated heterocycles. The lowest BCUT2D eigenvalue weighted by Gasteiger charge is -2.09. The van der Waals surface area contributed by atoms with E-state index in [0.29, 0.717) is 29.2 Å². The molecule has 0 heterocycles. The van der Waals surface area contributed by atoms with Gasteiger partial charge in [-0.1, -0.05) is 18.2 Å². The zero-order chi connectivity index (χ0) is 12.4. The van der Waals surface area contributed by atoms with Gasteiger partial charge in [0, 0.05) is 0 Å². The van der Waals surface area contributed by atoms with Crippen molar-refractivity contribution >= 4 is 22.7 Å². The standard InChI is InChI=1S/C13H16N4/c14-10-5-4-8(7-12(10)16)6-9-2-1-3-11(15)13(9)17/h1-5,7H,6,14-17H2. The molecular formula is C13H16N4. The molecule has 0 aliphatic carbocycles. The van der Waals surface area contributed by atoms with E-state index in [0.717, 1.165) is 11.1 Å². The van der Waals surface area contributed by atoms with E-state index in [1.165, 1.54) is 0 Å². The van der Waals surface area contributed by atoms with E-state index in [9.17, 15) is 0 Å². The van der Waals surface area contributed by atoms with Crippen LogP contribution in [0.5, 0.6) is 0 Å². The molecule has 0 aliphatic rings. The lowest BCUT2D eigenvalue weighted by molar-refractivity contribution is 1.20. The van der Waals surface area contributed by atoms with Gasteiger partial charge in [0.15, 0.2) is 0 Å². The Bertz CT molecular complexity index is 549. The molecule has 2 aromatic rings. The third-order valence-corrected chi connectivity index (χ3v) is 2.78. The second-order valence-electron chi connectivity index (χ2n) is 4.06. The summed E-state index contributed by atoms with van der Waals surface area (Å²) in [4.78, 5) is 0. The van der Waals surface area contributed by atoms with Gasteiger partial charge in [-0.2, -0.15) is 0 Å². The van der Waals surface area contributed by atoms with Crippen molar-refractivity contribution in [1.82, 2.24) is 0 Å². The molecule has 0 radical (unpaired) electrons. The minimum absolute atomic E-state index is 0.588. The summed E-state index contributed by atoms with van der Waals surface area (Å²) >= 11 is 0. The fraction of sp³-hybridized carbons (Fsp3) is 0.0769. The van der Waals surface area contributed by atoms with Crippen molar-refractivity contribution in [2.75, 3.05) is 22.9 Å². The van der Waals surface area contributed by atoms with Gasteiger partial charge >= 0.3 is 0 Å². The van der Waals surface area contributed by atoms with Crippen LogP contribution in [0, 0.1) is 0 Å². The normalized spacial score (nSPS) is 10.4. The largest absolute Gasteiger partial charge is 0.397 e. The SMILES string of the molecule is Nc1ccc(Cc2cccc(N)c2N)cc1N. The smallest absolute Gasteiger partial charge is 0.0583 e. The first-order chi connectivity index (χ1) is 8.08. The molecule has 17 heavy (non-hydrogen) atoms. The first kappa shape index (κ1) is 11.1. The quantitative estimate of drug-likeness (QED) is 0.586. The predicted octanol–water partition coefficient (Wildman–Crippen LogP) is 1.61. The van der Waals surface area contributed by atoms with Crippen LogP contribution in [0.25, 0.3) is 0 Å². The number of nitrogens with two attached hydrogens (primary N) is 4. The van der Waals surface area contributed by atoms with E-state index >= 15 is 0 Å². The Balaban J connectivity index is 2.31. The maximum atomic E-state index is 5.92. The lowest BCUT2D eigenvalue weighted by atomic mass is 10.0. The summed E-state index contributed by atoms with van der Waals surface area (Å²) in [5, 5.41) is 0. The number of hydrogen-bond acceptors (Lipinski definition) is 4. The van der Waals surface area contributed by atoms with Crippen molar-refractivity contribution in [2.45, 2.75) is 6.42 Å². The van der Waals surface area contributed by atoms with Gasteiger partial charge < -0.3 is 22.9 Å². The van der Waals surface area contributed by atoms with Gasteiger partial charge in [0.1, 0.15) is 0 Å². The van der Waals surface area contributed by atoms with Crippen LogP contribution in [0.2, 0.25) is 0 Å². The Morgan fingerprint density at radius 2 is 1.53 bits per heavy atom. The number of nitrogen functional groups attached to an aromatic ring is 4. The highest BCUT2D eigenvalue weighted by molar-refractivity contribution is 5.69. The number of hydrogen-bond donors (Lipinski definition) is 4. The maximum absolute atomic E-state index is 5.92. The second-order valence-corrected chi connectivity index (χ2v) is 4.06. The van der Waals surface area contributed by atoms with Gasteiger partial charge in [-0.3, -0.25) is 0 Å². The van der Waals surface area contributed by atoms with E-state index in [2.05, 4.69) is 0 Å². The van der Waals surface area contributed by atoms with Gasteiger partial charge in [0.25, 0.3) is 0 Å². The fourth-order valence-corrected chi connectivity index (χ4v) is 1.74. The molecule has 8 N–H and O–H groups in total. The van der Waals surface area contributed by atoms with E-state index in [1.54, 1.807) is 12.1 Å². The average Bonchev–Trinajstić information content (AvgIpc) is 2.30. The van der Waals surface area contributed by atoms with Crippen LogP contribution >= 0.6 is 0 Å². The summed E-state index contributed by atoms with van der Waals surface area (Å²) < 4.78 is 0. The van der Waals surface area contributed by atoms with Crippen LogP contribution in [-0.2, 0) is 6.42 Å². The summed E-state index contributed by atoms with van der Waals surface area (Å²) in [5.74, 6) is 0. The summed E-state index contributed by atoms with van der Waals surface area (Å²) in [6.07, 6.45) is 0.696. The van der Waals surface area contributed by atoms with Gasteiger partial charge in [-0.05, 0) is 35.7 Å². The minimum atomic E-state index is 0.588. The molecule has 4 heteroatoms. The number of para-hydroxylation sites is 1. The van der Waals surface area contributed by atoms with Crippen LogP contribution in [0.3, 0.4) is 0 Å². The Kier molecular flexibility index (Phi) is 2.78. The van der Waals surface area contributed by atoms with Crippen molar-refractivity contribution < 1.29 is 0 Å². The fourth-order valence-electron chi connectivity index (χ4n) is 1.74. The third kappa shape index (κ3) is 2.25. The number of anilines is 4. The molecule has 0 aromatic heterocycles. The first-order valence-electron chi connectivity index (χ1n) is 5.34. The second kappa shape index (κ2) is 4.25. The van der Waals surface area contributed by atoms with Crippen LogP contribution in [0.1, 0.15) is 11.1 Å². The molecular weight excluding hydrogens is 212 g/mol. The monoisotopic (exact) mass is 228 g/mol. The molecule has 0 amide bonds. The zero-order valence-corrected chi connectivity index (χ0v) is 9.48. The van der Waals surface area contributed by atoms with Crippen LogP contribution < -0.4 is 22.9 Å². The highest BCUT2D eigenvalue weighted by Crippen LogP contribution is 2.24. The maximum Gasteiger partial charge on any atom is 0.0583 e. The summed E-state index contributed by atoms with van der Waals surface area (Å²) in [6, 6.07) is 11.2. The number of rotatable bonds is 2. The van der Waals surface area contributed by atoms with Crippen molar-refractivity contribution in [2.24, 2.45) is 0 Å². The van der Waals surface area contributed by atoms with Crippen LogP contribution in [0.4, 0.5) is 22.7 Å². The van der Waals surface area contributed by atoms with Crippen molar-refractivity contribution in [3.63, 3.8) is 0 Å². The first-order valence-corrected chi connectivity index (χ1v) is 5.34. The molecule has 4 nitrogen and oxygen atoms in total. The molecule has 2 aromatic carbocycles. The molecule has 0 bridgehead atoms. The van der Waals surface area contributed by atoms with Crippen LogP contribution in [-0.4, -0.2) is 0 Å². The van der Waals surface area contributed by atoms with Crippen molar-refractivity contribution in [3.05, 3.63) is 47.5 Å². The summed E-state index contributed by atoms with van der Waals surface area (Å²) in [5.41, 5.74) is 27.6. The van der Waals surface area contributed by atoms with Gasteiger partial charge in [-0.15, -0.1) is 0 Å². The van der Waals surface area contributed by atoms with Crippen LogP contribution in [0.15, 0.2) is 36.4 Å². The average molecular weight is 228 g/mol. The topological polar surface area (TPSA) is 104 Å². The van der Waals surface area contributed by atoms with E-state index in [-0.39, 0.29) is 0 Å². The van der Waals surface area contributed by atoms with Gasteiger partial charge in [0.2, 0.25) is 0 Å². The van der Waals surface area contributed by atoms with Crippen molar-refractivity contribution in [1.29, 1.82) is 0 Å². The Morgan fingerprint density at radius 3 is 2.24 bits per heavy atom. The van der Waals surface area contributed by atoms with Crippen molar-refractivity contribution in [3.8, 4) is 0 Å². The summed E-state index contributed by atoms with van der Waals surface area (Å²) in [7, 11) is 0. The molecule has 88 valence electrons. The molecule has 0 fully saturated rings. The molecule has 0 aliphatic heterocycles. The third-order valence-electron chi connectivity index (χ3n) is 2.78. The molecule has 0 saturated carbocycles. The highest BCUT2D eigenvalue weighted by Gasteiger charge is 2.04. The van der Waals surface area contributed by atoms with Gasteiger partial charge in [0.05, 0.1) is 22.7 Å². The molecule has 2 rings (SSSR count). The molecule has 0 spiro atoms. The van der Waals surface area contributed by atoms with Gasteiger partial charge in [-0.25, -0.2) is 0 Å². The summed E-state index contributed by atoms with van der Waals surface area (Å²) in [6.45, 7) is 0. The predicted molar refractivity (Wildman–Crippen MR) is 73.3 cm³/mol. The minimum Gasteiger partial charge on any atom is -0.397 e. The Labute approximate surface area is 100 Å².